The Bertz CT molecular complexity index is 539. The minimum atomic E-state index is -3.51. The van der Waals surface area contributed by atoms with Gasteiger partial charge in [0.15, 0.2) is 0 Å². The van der Waals surface area contributed by atoms with Crippen molar-refractivity contribution in [3.63, 3.8) is 0 Å². The highest BCUT2D eigenvalue weighted by Gasteiger charge is 2.37. The van der Waals surface area contributed by atoms with Crippen LogP contribution in [0.2, 0.25) is 0 Å². The third-order valence-corrected chi connectivity index (χ3v) is 6.68. The van der Waals surface area contributed by atoms with Crippen LogP contribution >= 0.6 is 11.6 Å². The van der Waals surface area contributed by atoms with Crippen molar-refractivity contribution in [3.8, 4) is 0 Å². The molecule has 4 nitrogen and oxygen atoms in total. The van der Waals surface area contributed by atoms with E-state index in [1.807, 2.05) is 0 Å². The van der Waals surface area contributed by atoms with Gasteiger partial charge in [-0.05, 0) is 30.4 Å². The van der Waals surface area contributed by atoms with Gasteiger partial charge in [-0.15, -0.1) is 11.6 Å². The smallest absolute Gasteiger partial charge is 0.276 e. The highest BCUT2D eigenvalue weighted by atomic mass is 35.5. The molecule has 0 unspecified atom stereocenters. The fraction of sp³-hybridized carbons (Fsp3) is 0.714. The van der Waals surface area contributed by atoms with Crippen LogP contribution in [0.5, 0.6) is 0 Å². The lowest BCUT2D eigenvalue weighted by molar-refractivity contribution is 0.140. The van der Waals surface area contributed by atoms with Gasteiger partial charge < -0.3 is 4.42 Å². The van der Waals surface area contributed by atoms with Crippen LogP contribution in [0.3, 0.4) is 0 Å². The van der Waals surface area contributed by atoms with Gasteiger partial charge in [-0.25, -0.2) is 8.42 Å². The van der Waals surface area contributed by atoms with Crippen molar-refractivity contribution in [3.05, 3.63) is 17.9 Å². The Morgan fingerprint density at radius 3 is 2.30 bits per heavy atom. The molecule has 1 saturated heterocycles. The number of rotatable bonds is 5. The third kappa shape index (κ3) is 2.90. The Morgan fingerprint density at radius 2 is 1.85 bits per heavy atom. The molecule has 20 heavy (non-hydrogen) atoms. The summed E-state index contributed by atoms with van der Waals surface area (Å²) in [6.45, 7) is 5.52. The summed E-state index contributed by atoms with van der Waals surface area (Å²) in [5.74, 6) is 0.670. The van der Waals surface area contributed by atoms with Crippen molar-refractivity contribution < 1.29 is 12.8 Å². The van der Waals surface area contributed by atoms with Gasteiger partial charge in [-0.3, -0.25) is 0 Å². The van der Waals surface area contributed by atoms with Crippen molar-refractivity contribution >= 4 is 21.6 Å². The summed E-state index contributed by atoms with van der Waals surface area (Å²) in [5, 5.41) is 0.00801. The molecule has 0 saturated carbocycles. The molecular weight excluding hydrogens is 298 g/mol. The van der Waals surface area contributed by atoms with Gasteiger partial charge in [0.05, 0.1) is 5.88 Å². The number of alkyl halides is 1. The zero-order chi connectivity index (χ0) is 14.8. The summed E-state index contributed by atoms with van der Waals surface area (Å²) >= 11 is 5.65. The first-order chi connectivity index (χ1) is 9.47. The molecule has 1 aliphatic heterocycles. The number of hydrogen-bond acceptors (Lipinski definition) is 3. The van der Waals surface area contributed by atoms with Crippen LogP contribution in [-0.4, -0.2) is 25.8 Å². The van der Waals surface area contributed by atoms with Gasteiger partial charge in [-0.1, -0.05) is 26.7 Å². The fourth-order valence-corrected chi connectivity index (χ4v) is 4.37. The molecular formula is C14H22ClNO3S. The molecule has 0 N–H and O–H groups in total. The molecule has 1 aromatic heterocycles. The average molecular weight is 320 g/mol. The van der Waals surface area contributed by atoms with E-state index in [0.29, 0.717) is 24.3 Å². The van der Waals surface area contributed by atoms with Gasteiger partial charge >= 0.3 is 0 Å². The van der Waals surface area contributed by atoms with Crippen molar-refractivity contribution in [2.45, 2.75) is 50.5 Å². The Kier molecular flexibility index (Phi) is 4.82. The van der Waals surface area contributed by atoms with E-state index in [0.717, 1.165) is 25.7 Å². The molecule has 0 bridgehead atoms. The van der Waals surface area contributed by atoms with Crippen LogP contribution in [0.4, 0.5) is 0 Å². The molecule has 0 aromatic carbocycles. The first-order valence-electron chi connectivity index (χ1n) is 7.12. The summed E-state index contributed by atoms with van der Waals surface area (Å²) in [7, 11) is -3.51. The van der Waals surface area contributed by atoms with E-state index in [2.05, 4.69) is 13.8 Å². The second kappa shape index (κ2) is 6.08. The quantitative estimate of drug-likeness (QED) is 0.779. The maximum Gasteiger partial charge on any atom is 0.276 e. The van der Waals surface area contributed by atoms with E-state index < -0.39 is 10.0 Å². The maximum atomic E-state index is 12.5. The number of hydrogen-bond donors (Lipinski definition) is 0. The first-order valence-corrected chi connectivity index (χ1v) is 9.10. The number of nitrogens with zero attached hydrogens (tertiary/aromatic N) is 1. The molecule has 2 rings (SSSR count). The molecule has 0 amide bonds. The minimum Gasteiger partial charge on any atom is -0.447 e. The lowest BCUT2D eigenvalue weighted by Crippen LogP contribution is -2.42. The van der Waals surface area contributed by atoms with Crippen molar-refractivity contribution in [2.75, 3.05) is 13.1 Å². The summed E-state index contributed by atoms with van der Waals surface area (Å²) in [4.78, 5) is 0. The summed E-state index contributed by atoms with van der Waals surface area (Å²) in [6, 6.07) is 3.11. The van der Waals surface area contributed by atoms with Gasteiger partial charge in [0.2, 0.25) is 5.09 Å². The van der Waals surface area contributed by atoms with E-state index in [9.17, 15) is 8.42 Å². The highest BCUT2D eigenvalue weighted by Crippen LogP contribution is 2.39. The number of piperidine rings is 1. The van der Waals surface area contributed by atoms with Gasteiger partial charge in [0.25, 0.3) is 10.0 Å². The minimum absolute atomic E-state index is 0.00801. The Balaban J connectivity index is 2.13. The molecule has 6 heteroatoms. The zero-order valence-electron chi connectivity index (χ0n) is 12.1. The van der Waals surface area contributed by atoms with E-state index in [1.54, 1.807) is 6.07 Å². The number of sulfonamides is 1. The lowest BCUT2D eigenvalue weighted by Gasteiger charge is -2.40. The molecule has 0 aliphatic carbocycles. The van der Waals surface area contributed by atoms with Crippen molar-refractivity contribution in [1.29, 1.82) is 0 Å². The Hall–Kier alpha value is -0.520. The van der Waals surface area contributed by atoms with Gasteiger partial charge in [-0.2, -0.15) is 4.31 Å². The Labute approximate surface area is 126 Å². The average Bonchev–Trinajstić information content (AvgIpc) is 2.97. The topological polar surface area (TPSA) is 50.5 Å². The normalized spacial score (nSPS) is 20.1. The molecule has 1 aromatic rings. The number of furan rings is 1. The molecule has 0 radical (unpaired) electrons. The summed E-state index contributed by atoms with van der Waals surface area (Å²) in [6.07, 6.45) is 4.05. The van der Waals surface area contributed by atoms with E-state index in [1.165, 1.54) is 10.4 Å². The van der Waals surface area contributed by atoms with Crippen LogP contribution < -0.4 is 0 Å². The molecule has 1 aliphatic rings. The van der Waals surface area contributed by atoms with E-state index in [-0.39, 0.29) is 11.0 Å². The second-order valence-corrected chi connectivity index (χ2v) is 7.60. The lowest BCUT2D eigenvalue weighted by atomic mass is 9.75. The largest absolute Gasteiger partial charge is 0.447 e. The highest BCUT2D eigenvalue weighted by molar-refractivity contribution is 7.89. The standard InChI is InChI=1S/C14H22ClNO3S/c1-3-14(4-2)7-9-16(10-8-14)20(17,18)13-6-5-12(11-15)19-13/h5-6H,3-4,7-11H2,1-2H3. The molecule has 1 fully saturated rings. The first kappa shape index (κ1) is 15.9. The SMILES string of the molecule is CCC1(CC)CCN(S(=O)(=O)c2ccc(CCl)o2)CC1. The van der Waals surface area contributed by atoms with Crippen LogP contribution in [0.1, 0.15) is 45.3 Å². The van der Waals surface area contributed by atoms with Crippen LogP contribution in [0.25, 0.3) is 0 Å². The second-order valence-electron chi connectivity index (χ2n) is 5.47. The molecule has 0 spiro atoms. The van der Waals surface area contributed by atoms with Crippen LogP contribution in [0, 0.1) is 5.41 Å². The third-order valence-electron chi connectivity index (χ3n) is 4.65. The number of halogens is 1. The van der Waals surface area contributed by atoms with Crippen molar-refractivity contribution in [2.24, 2.45) is 5.41 Å². The summed E-state index contributed by atoms with van der Waals surface area (Å²) < 4.78 is 31.8. The molecule has 114 valence electrons. The van der Waals surface area contributed by atoms with E-state index >= 15 is 0 Å². The van der Waals surface area contributed by atoms with Gasteiger partial charge in [0.1, 0.15) is 5.76 Å². The summed E-state index contributed by atoms with van der Waals surface area (Å²) in [5.41, 5.74) is 0.302. The van der Waals surface area contributed by atoms with Gasteiger partial charge in [0, 0.05) is 13.1 Å². The predicted octanol–water partition coefficient (Wildman–Crippen LogP) is 3.61. The monoisotopic (exact) mass is 319 g/mol. The maximum absolute atomic E-state index is 12.5. The van der Waals surface area contributed by atoms with Crippen LogP contribution in [-0.2, 0) is 15.9 Å². The van der Waals surface area contributed by atoms with Crippen LogP contribution in [0.15, 0.2) is 21.6 Å². The van der Waals surface area contributed by atoms with Crippen molar-refractivity contribution in [1.82, 2.24) is 4.31 Å². The Morgan fingerprint density at radius 1 is 1.25 bits per heavy atom. The fourth-order valence-electron chi connectivity index (χ4n) is 2.85. The molecule has 0 atom stereocenters. The van der Waals surface area contributed by atoms with E-state index in [4.69, 9.17) is 16.0 Å². The predicted molar refractivity (Wildman–Crippen MR) is 79.3 cm³/mol. The molecule has 2 heterocycles. The zero-order valence-corrected chi connectivity index (χ0v) is 13.6.